The van der Waals surface area contributed by atoms with Crippen LogP contribution in [0.25, 0.3) is 5.57 Å². The number of carbonyl (C=O) groups excluding carboxylic acids is 1. The molecule has 5 nitrogen and oxygen atoms in total. The lowest BCUT2D eigenvalue weighted by atomic mass is 10.0. The summed E-state index contributed by atoms with van der Waals surface area (Å²) in [6.07, 6.45) is 0. The summed E-state index contributed by atoms with van der Waals surface area (Å²) in [6.45, 7) is 12.6. The van der Waals surface area contributed by atoms with E-state index in [9.17, 15) is 4.79 Å². The Balaban J connectivity index is 2.04. The molecule has 2 N–H and O–H groups in total. The number of anilines is 2. The standard InChI is InChI=1S/C20H29N3O2/c1-12(2)14(5)22-15-6-7-18-16(10-15)19(17-11-25-9-8-21-17)20(24)23(18)13(3)4/h6-7,10,12-14,21-22H,8-9,11H2,1-5H3/b19-17-. The van der Waals surface area contributed by atoms with Crippen LogP contribution in [-0.4, -0.2) is 37.7 Å². The van der Waals surface area contributed by atoms with Crippen LogP contribution >= 0.6 is 0 Å². The van der Waals surface area contributed by atoms with E-state index in [0.29, 0.717) is 25.2 Å². The van der Waals surface area contributed by atoms with E-state index in [1.165, 1.54) is 0 Å². The molecule has 0 aliphatic carbocycles. The molecule has 2 aliphatic rings. The molecule has 0 bridgehead atoms. The van der Waals surface area contributed by atoms with E-state index in [1.54, 1.807) is 0 Å². The van der Waals surface area contributed by atoms with Gasteiger partial charge in [0, 0.05) is 29.9 Å². The van der Waals surface area contributed by atoms with Gasteiger partial charge in [-0.15, -0.1) is 0 Å². The third kappa shape index (κ3) is 3.38. The van der Waals surface area contributed by atoms with Crippen LogP contribution in [0.1, 0.15) is 40.2 Å². The molecular weight excluding hydrogens is 314 g/mol. The van der Waals surface area contributed by atoms with E-state index < -0.39 is 0 Å². The monoisotopic (exact) mass is 343 g/mol. The highest BCUT2D eigenvalue weighted by Crippen LogP contribution is 2.41. The van der Waals surface area contributed by atoms with E-state index in [2.05, 4.69) is 49.6 Å². The zero-order valence-corrected chi connectivity index (χ0v) is 15.8. The molecule has 0 aromatic heterocycles. The molecule has 2 heterocycles. The van der Waals surface area contributed by atoms with E-state index in [1.807, 2.05) is 18.7 Å². The van der Waals surface area contributed by atoms with Crippen LogP contribution in [0, 0.1) is 5.92 Å². The second-order valence-electron chi connectivity index (χ2n) is 7.51. The van der Waals surface area contributed by atoms with Gasteiger partial charge in [-0.25, -0.2) is 0 Å². The smallest absolute Gasteiger partial charge is 0.261 e. The number of morpholine rings is 1. The topological polar surface area (TPSA) is 53.6 Å². The van der Waals surface area contributed by atoms with Crippen molar-refractivity contribution in [2.45, 2.75) is 46.7 Å². The number of benzene rings is 1. The third-order valence-corrected chi connectivity index (χ3v) is 5.00. The lowest BCUT2D eigenvalue weighted by Crippen LogP contribution is -2.35. The van der Waals surface area contributed by atoms with Gasteiger partial charge < -0.3 is 20.3 Å². The molecule has 0 radical (unpaired) electrons. The maximum absolute atomic E-state index is 13.1. The Labute approximate surface area is 150 Å². The lowest BCUT2D eigenvalue weighted by molar-refractivity contribution is -0.113. The lowest BCUT2D eigenvalue weighted by Gasteiger charge is -2.23. The van der Waals surface area contributed by atoms with Crippen molar-refractivity contribution in [2.75, 3.05) is 30.0 Å². The molecule has 25 heavy (non-hydrogen) atoms. The number of hydrogen-bond donors (Lipinski definition) is 2. The quantitative estimate of drug-likeness (QED) is 0.824. The molecule has 1 aromatic carbocycles. The van der Waals surface area contributed by atoms with Gasteiger partial charge in [0.1, 0.15) is 0 Å². The normalized spacial score (nSPS) is 21.6. The molecule has 0 spiro atoms. The first-order valence-electron chi connectivity index (χ1n) is 9.19. The number of nitrogens with zero attached hydrogens (tertiary/aromatic N) is 1. The van der Waals surface area contributed by atoms with E-state index >= 15 is 0 Å². The summed E-state index contributed by atoms with van der Waals surface area (Å²) in [4.78, 5) is 15.0. The summed E-state index contributed by atoms with van der Waals surface area (Å²) in [5.41, 5.74) is 4.68. The van der Waals surface area contributed by atoms with Crippen LogP contribution in [0.4, 0.5) is 11.4 Å². The Kier molecular flexibility index (Phi) is 5.04. The zero-order valence-electron chi connectivity index (χ0n) is 15.8. The highest BCUT2D eigenvalue weighted by molar-refractivity contribution is 6.33. The average molecular weight is 343 g/mol. The van der Waals surface area contributed by atoms with Gasteiger partial charge in [-0.2, -0.15) is 0 Å². The zero-order chi connectivity index (χ0) is 18.1. The first-order chi connectivity index (χ1) is 11.9. The van der Waals surface area contributed by atoms with Gasteiger partial charge in [0.15, 0.2) is 0 Å². The van der Waals surface area contributed by atoms with Gasteiger partial charge in [-0.05, 0) is 44.9 Å². The minimum atomic E-state index is 0.0621. The summed E-state index contributed by atoms with van der Waals surface area (Å²) in [5, 5.41) is 6.91. The Morgan fingerprint density at radius 3 is 2.56 bits per heavy atom. The van der Waals surface area contributed by atoms with Crippen LogP contribution in [0.15, 0.2) is 23.9 Å². The maximum atomic E-state index is 13.1. The minimum absolute atomic E-state index is 0.0621. The van der Waals surface area contributed by atoms with Gasteiger partial charge in [-0.3, -0.25) is 4.79 Å². The largest absolute Gasteiger partial charge is 0.383 e. The Bertz CT molecular complexity index is 686. The second kappa shape index (κ2) is 7.08. The van der Waals surface area contributed by atoms with Crippen LogP contribution in [0.2, 0.25) is 0 Å². The molecule has 1 aromatic rings. The third-order valence-electron chi connectivity index (χ3n) is 5.00. The summed E-state index contributed by atoms with van der Waals surface area (Å²) < 4.78 is 5.57. The van der Waals surface area contributed by atoms with E-state index in [4.69, 9.17) is 4.74 Å². The molecular formula is C20H29N3O2. The molecule has 1 saturated heterocycles. The second-order valence-corrected chi connectivity index (χ2v) is 7.51. The van der Waals surface area contributed by atoms with Crippen molar-refractivity contribution in [2.24, 2.45) is 5.92 Å². The fourth-order valence-electron chi connectivity index (χ4n) is 3.27. The molecule has 2 aliphatic heterocycles. The van der Waals surface area contributed by atoms with Gasteiger partial charge in [0.25, 0.3) is 5.91 Å². The number of hydrogen-bond acceptors (Lipinski definition) is 4. The van der Waals surface area contributed by atoms with Crippen molar-refractivity contribution < 1.29 is 9.53 Å². The number of fused-ring (bicyclic) bond motifs is 1. The summed E-state index contributed by atoms with van der Waals surface area (Å²) in [5.74, 6) is 0.598. The Hall–Kier alpha value is -2.01. The van der Waals surface area contributed by atoms with Crippen molar-refractivity contribution in [1.82, 2.24) is 5.32 Å². The van der Waals surface area contributed by atoms with Crippen molar-refractivity contribution in [3.05, 3.63) is 29.5 Å². The molecule has 0 saturated carbocycles. The van der Waals surface area contributed by atoms with Crippen molar-refractivity contribution in [1.29, 1.82) is 0 Å². The Morgan fingerprint density at radius 1 is 1.20 bits per heavy atom. The van der Waals surface area contributed by atoms with Crippen molar-refractivity contribution in [3.8, 4) is 0 Å². The fourth-order valence-corrected chi connectivity index (χ4v) is 3.27. The van der Waals surface area contributed by atoms with Crippen LogP contribution in [-0.2, 0) is 9.53 Å². The van der Waals surface area contributed by atoms with Gasteiger partial charge in [-0.1, -0.05) is 13.8 Å². The number of ether oxygens (including phenoxy) is 1. The molecule has 1 amide bonds. The Morgan fingerprint density at radius 2 is 1.96 bits per heavy atom. The van der Waals surface area contributed by atoms with Gasteiger partial charge in [0.2, 0.25) is 0 Å². The molecule has 1 fully saturated rings. The average Bonchev–Trinajstić information content (AvgIpc) is 2.86. The maximum Gasteiger partial charge on any atom is 0.261 e. The minimum Gasteiger partial charge on any atom is -0.383 e. The van der Waals surface area contributed by atoms with Gasteiger partial charge >= 0.3 is 0 Å². The van der Waals surface area contributed by atoms with Crippen LogP contribution in [0.5, 0.6) is 0 Å². The molecule has 5 heteroatoms. The number of carbonyl (C=O) groups is 1. The van der Waals surface area contributed by atoms with Crippen LogP contribution in [0.3, 0.4) is 0 Å². The van der Waals surface area contributed by atoms with E-state index in [-0.39, 0.29) is 11.9 Å². The van der Waals surface area contributed by atoms with Crippen LogP contribution < -0.4 is 15.5 Å². The molecule has 3 rings (SSSR count). The summed E-state index contributed by atoms with van der Waals surface area (Å²) in [6, 6.07) is 6.71. The molecule has 1 unspecified atom stereocenters. The highest BCUT2D eigenvalue weighted by Gasteiger charge is 2.36. The predicted octanol–water partition coefficient (Wildman–Crippen LogP) is 3.23. The summed E-state index contributed by atoms with van der Waals surface area (Å²) >= 11 is 0. The number of amides is 1. The number of nitrogens with one attached hydrogen (secondary N) is 2. The highest BCUT2D eigenvalue weighted by atomic mass is 16.5. The van der Waals surface area contributed by atoms with E-state index in [0.717, 1.165) is 34.8 Å². The summed E-state index contributed by atoms with van der Waals surface area (Å²) in [7, 11) is 0. The molecule has 136 valence electrons. The predicted molar refractivity (Wildman–Crippen MR) is 103 cm³/mol. The molecule has 1 atom stereocenters. The SMILES string of the molecule is CC(C)C(C)Nc1ccc2c(c1)/C(=C1\COCCN1)C(=O)N2C(C)C. The van der Waals surface area contributed by atoms with Crippen molar-refractivity contribution in [3.63, 3.8) is 0 Å². The fraction of sp³-hybridized carbons (Fsp3) is 0.550. The van der Waals surface area contributed by atoms with Crippen molar-refractivity contribution >= 4 is 22.9 Å². The first kappa shape index (κ1) is 17.8. The number of rotatable bonds is 4. The first-order valence-corrected chi connectivity index (χ1v) is 9.19. The van der Waals surface area contributed by atoms with Gasteiger partial charge in [0.05, 0.1) is 30.2 Å².